The van der Waals surface area contributed by atoms with Crippen LogP contribution >= 0.6 is 0 Å². The van der Waals surface area contributed by atoms with Crippen LogP contribution in [0.1, 0.15) is 96.6 Å². The predicted molar refractivity (Wildman–Crippen MR) is 125 cm³/mol. The Balaban J connectivity index is 2.05. The summed E-state index contributed by atoms with van der Waals surface area (Å²) in [4.78, 5) is 11.7. The lowest BCUT2D eigenvalue weighted by atomic mass is 9.55. The summed E-state index contributed by atoms with van der Waals surface area (Å²) < 4.78 is 6.53. The van der Waals surface area contributed by atoms with Gasteiger partial charge >= 0.3 is 5.97 Å². The Labute approximate surface area is 187 Å². The summed E-state index contributed by atoms with van der Waals surface area (Å²) in [5.41, 5.74) is 1.03. The topological polar surface area (TPSA) is 66.8 Å². The summed E-state index contributed by atoms with van der Waals surface area (Å²) in [6.07, 6.45) is 10.4. The minimum absolute atomic E-state index is 0.0839. The Morgan fingerprint density at radius 2 is 2.00 bits per heavy atom. The summed E-state index contributed by atoms with van der Waals surface area (Å²) >= 11 is 0. The minimum atomic E-state index is -0.896. The SMILES string of the molecule is C=C[C@@]12CC=C(C(=O)O)C[C@H]1c1c(O)cc(C(C)(C)CCCCCC)cc1OC2(C)C. The molecule has 0 saturated carbocycles. The number of rotatable bonds is 8. The molecule has 0 bridgehead atoms. The normalized spacial score (nSPS) is 24.4. The molecule has 2 aliphatic rings. The van der Waals surface area contributed by atoms with E-state index in [-0.39, 0.29) is 17.1 Å². The zero-order valence-corrected chi connectivity index (χ0v) is 19.8. The van der Waals surface area contributed by atoms with E-state index in [4.69, 9.17) is 4.74 Å². The van der Waals surface area contributed by atoms with Crippen LogP contribution in [0, 0.1) is 5.41 Å². The van der Waals surface area contributed by atoms with Gasteiger partial charge in [-0.1, -0.05) is 58.6 Å². The van der Waals surface area contributed by atoms with Crippen LogP contribution in [0.3, 0.4) is 0 Å². The van der Waals surface area contributed by atoms with Crippen LogP contribution in [0.5, 0.6) is 11.5 Å². The molecule has 1 aromatic carbocycles. The van der Waals surface area contributed by atoms with E-state index in [0.29, 0.717) is 24.2 Å². The first kappa shape index (κ1) is 23.4. The highest BCUT2D eigenvalue weighted by atomic mass is 16.5. The average molecular weight is 427 g/mol. The van der Waals surface area contributed by atoms with Crippen molar-refractivity contribution < 1.29 is 19.7 Å². The highest BCUT2D eigenvalue weighted by molar-refractivity contribution is 5.87. The molecule has 1 aliphatic heterocycles. The molecule has 0 unspecified atom stereocenters. The molecule has 31 heavy (non-hydrogen) atoms. The lowest BCUT2D eigenvalue weighted by Gasteiger charge is -2.55. The number of phenolic OH excluding ortho intramolecular Hbond substituents is 1. The summed E-state index contributed by atoms with van der Waals surface area (Å²) in [5, 5.41) is 20.8. The molecule has 0 aromatic heterocycles. The average Bonchev–Trinajstić information content (AvgIpc) is 2.69. The second-order valence-corrected chi connectivity index (χ2v) is 10.5. The molecule has 1 aromatic rings. The number of hydrogen-bond donors (Lipinski definition) is 2. The van der Waals surface area contributed by atoms with Crippen molar-refractivity contribution in [1.29, 1.82) is 0 Å². The predicted octanol–water partition coefficient (Wildman–Crippen LogP) is 6.87. The molecule has 170 valence electrons. The van der Waals surface area contributed by atoms with Crippen molar-refractivity contribution in [2.45, 2.75) is 96.5 Å². The molecule has 4 nitrogen and oxygen atoms in total. The highest BCUT2D eigenvalue weighted by Gasteiger charge is 2.56. The first-order valence-electron chi connectivity index (χ1n) is 11.6. The highest BCUT2D eigenvalue weighted by Crippen LogP contribution is 2.62. The Kier molecular flexibility index (Phi) is 6.32. The van der Waals surface area contributed by atoms with Crippen molar-refractivity contribution in [3.05, 3.63) is 47.6 Å². The standard InChI is InChI=1S/C27H38O4/c1-7-9-10-11-13-25(3,4)19-16-21(28)23-20-15-18(24(29)30)12-14-27(20,8-2)26(5,6)31-22(23)17-19/h8,12,16-17,20,28H,2,7,9-11,13-15H2,1,3-6H3,(H,29,30)/t20-,27+/m0/s1. The van der Waals surface area contributed by atoms with Crippen LogP contribution in [0.2, 0.25) is 0 Å². The summed E-state index contributed by atoms with van der Waals surface area (Å²) in [7, 11) is 0. The minimum Gasteiger partial charge on any atom is -0.508 e. The molecule has 3 rings (SSSR count). The number of aromatic hydroxyl groups is 1. The molecule has 0 spiro atoms. The zero-order valence-electron chi connectivity index (χ0n) is 19.8. The zero-order chi connectivity index (χ0) is 23.0. The van der Waals surface area contributed by atoms with Crippen LogP contribution in [0.15, 0.2) is 36.4 Å². The van der Waals surface area contributed by atoms with Gasteiger partial charge in [0.1, 0.15) is 17.1 Å². The summed E-state index contributed by atoms with van der Waals surface area (Å²) in [6, 6.07) is 3.94. The van der Waals surface area contributed by atoms with E-state index in [0.717, 1.165) is 24.0 Å². The van der Waals surface area contributed by atoms with Crippen molar-refractivity contribution in [2.75, 3.05) is 0 Å². The smallest absolute Gasteiger partial charge is 0.331 e. The number of carboxylic acids is 1. The molecule has 0 saturated heterocycles. The fraction of sp³-hybridized carbons (Fsp3) is 0.593. The number of unbranched alkanes of at least 4 members (excludes halogenated alkanes) is 3. The van der Waals surface area contributed by atoms with E-state index in [2.05, 4.69) is 33.4 Å². The largest absolute Gasteiger partial charge is 0.508 e. The number of carbonyl (C=O) groups is 1. The van der Waals surface area contributed by atoms with Gasteiger partial charge in [0, 0.05) is 22.5 Å². The Morgan fingerprint density at radius 1 is 1.29 bits per heavy atom. The number of phenols is 1. The quantitative estimate of drug-likeness (QED) is 0.351. The van der Waals surface area contributed by atoms with Crippen molar-refractivity contribution in [2.24, 2.45) is 5.41 Å². The van der Waals surface area contributed by atoms with Gasteiger partial charge in [0.2, 0.25) is 0 Å². The Morgan fingerprint density at radius 3 is 2.61 bits per heavy atom. The maximum Gasteiger partial charge on any atom is 0.331 e. The van der Waals surface area contributed by atoms with Gasteiger partial charge in [0.25, 0.3) is 0 Å². The molecule has 1 aliphatic carbocycles. The molecule has 2 atom stereocenters. The molecule has 0 amide bonds. The van der Waals surface area contributed by atoms with Gasteiger partial charge < -0.3 is 14.9 Å². The molecular formula is C27H38O4. The van der Waals surface area contributed by atoms with Crippen LogP contribution in [0.4, 0.5) is 0 Å². The first-order chi connectivity index (χ1) is 14.5. The number of allylic oxidation sites excluding steroid dienone is 1. The van der Waals surface area contributed by atoms with E-state index < -0.39 is 17.0 Å². The van der Waals surface area contributed by atoms with Crippen molar-refractivity contribution in [3.8, 4) is 11.5 Å². The van der Waals surface area contributed by atoms with E-state index in [9.17, 15) is 15.0 Å². The molecule has 0 fully saturated rings. The molecule has 2 N–H and O–H groups in total. The third-order valence-electron chi connectivity index (χ3n) is 7.76. The van der Waals surface area contributed by atoms with Gasteiger partial charge in [-0.3, -0.25) is 0 Å². The monoisotopic (exact) mass is 426 g/mol. The van der Waals surface area contributed by atoms with E-state index in [1.807, 2.05) is 26.0 Å². The number of fused-ring (bicyclic) bond motifs is 3. The second kappa shape index (κ2) is 8.37. The number of hydrogen-bond acceptors (Lipinski definition) is 3. The van der Waals surface area contributed by atoms with Crippen LogP contribution in [0.25, 0.3) is 0 Å². The number of carboxylic acid groups (broad SMARTS) is 1. The van der Waals surface area contributed by atoms with Gasteiger partial charge in [0.15, 0.2) is 0 Å². The maximum absolute atomic E-state index is 11.7. The maximum atomic E-state index is 11.7. The number of benzene rings is 1. The van der Waals surface area contributed by atoms with Crippen LogP contribution in [-0.2, 0) is 10.2 Å². The number of aliphatic carboxylic acids is 1. The van der Waals surface area contributed by atoms with E-state index in [1.165, 1.54) is 19.3 Å². The van der Waals surface area contributed by atoms with E-state index >= 15 is 0 Å². The first-order valence-corrected chi connectivity index (χ1v) is 11.6. The van der Waals surface area contributed by atoms with Crippen molar-refractivity contribution >= 4 is 5.97 Å². The lowest BCUT2D eigenvalue weighted by molar-refractivity contribution is -0.133. The van der Waals surface area contributed by atoms with Crippen molar-refractivity contribution in [3.63, 3.8) is 0 Å². The van der Waals surface area contributed by atoms with Gasteiger partial charge in [0.05, 0.1) is 0 Å². The Hall–Kier alpha value is -2.23. The van der Waals surface area contributed by atoms with Gasteiger partial charge in [-0.15, -0.1) is 6.58 Å². The van der Waals surface area contributed by atoms with Crippen LogP contribution in [-0.4, -0.2) is 21.8 Å². The molecule has 1 heterocycles. The fourth-order valence-corrected chi connectivity index (χ4v) is 5.54. The van der Waals surface area contributed by atoms with Crippen molar-refractivity contribution in [1.82, 2.24) is 0 Å². The van der Waals surface area contributed by atoms with Gasteiger partial charge in [-0.05, 0) is 56.2 Å². The number of ether oxygens (including phenoxy) is 1. The molecular weight excluding hydrogens is 388 g/mol. The fourth-order valence-electron chi connectivity index (χ4n) is 5.54. The lowest BCUT2D eigenvalue weighted by Crippen LogP contribution is -2.54. The van der Waals surface area contributed by atoms with Crippen LogP contribution < -0.4 is 4.74 Å². The van der Waals surface area contributed by atoms with Gasteiger partial charge in [-0.25, -0.2) is 4.79 Å². The third kappa shape index (κ3) is 4.02. The summed E-state index contributed by atoms with van der Waals surface area (Å²) in [5.74, 6) is -0.211. The second-order valence-electron chi connectivity index (χ2n) is 10.5. The molecule has 4 heteroatoms. The third-order valence-corrected chi connectivity index (χ3v) is 7.76. The molecule has 0 radical (unpaired) electrons. The van der Waals surface area contributed by atoms with Gasteiger partial charge in [-0.2, -0.15) is 0 Å². The Bertz CT molecular complexity index is 893. The van der Waals surface area contributed by atoms with E-state index in [1.54, 1.807) is 6.08 Å². The summed E-state index contributed by atoms with van der Waals surface area (Å²) in [6.45, 7) is 14.8.